The van der Waals surface area contributed by atoms with Gasteiger partial charge in [-0.05, 0) is 44.2 Å². The van der Waals surface area contributed by atoms with E-state index < -0.39 is 17.7 Å². The molecule has 1 N–H and O–H groups in total. The Morgan fingerprint density at radius 2 is 1.85 bits per heavy atom. The number of nitrogens with zero attached hydrogens (tertiary/aromatic N) is 5. The minimum Gasteiger partial charge on any atom is -0.489 e. The SMILES string of the molecule is CC(C)N1CCN(CCOc2ccc(Nc3nccc(N(C)C(=O)Oc4cc(Cl)ccc4F)n3)cc2F)CC1. The second-order valence-electron chi connectivity index (χ2n) is 9.33. The van der Waals surface area contributed by atoms with E-state index in [0.717, 1.165) is 43.7 Å². The summed E-state index contributed by atoms with van der Waals surface area (Å²) in [6.07, 6.45) is 0.540. The zero-order valence-corrected chi connectivity index (χ0v) is 22.8. The third-order valence-corrected chi connectivity index (χ3v) is 6.57. The van der Waals surface area contributed by atoms with Crippen molar-refractivity contribution in [3.05, 3.63) is 65.3 Å². The van der Waals surface area contributed by atoms with Crippen molar-refractivity contribution in [3.63, 3.8) is 0 Å². The fourth-order valence-electron chi connectivity index (χ4n) is 4.02. The van der Waals surface area contributed by atoms with Gasteiger partial charge in [-0.3, -0.25) is 14.7 Å². The van der Waals surface area contributed by atoms with E-state index in [2.05, 4.69) is 38.9 Å². The summed E-state index contributed by atoms with van der Waals surface area (Å²) < 4.78 is 39.4. The molecule has 0 aliphatic carbocycles. The van der Waals surface area contributed by atoms with Crippen LogP contribution in [0.15, 0.2) is 48.7 Å². The first-order valence-corrected chi connectivity index (χ1v) is 13.0. The maximum Gasteiger partial charge on any atom is 0.420 e. The molecule has 2 aromatic carbocycles. The van der Waals surface area contributed by atoms with Gasteiger partial charge in [0.25, 0.3) is 0 Å². The van der Waals surface area contributed by atoms with Crippen LogP contribution < -0.4 is 19.7 Å². The van der Waals surface area contributed by atoms with Gasteiger partial charge < -0.3 is 14.8 Å². The molecule has 1 amide bonds. The van der Waals surface area contributed by atoms with Gasteiger partial charge in [-0.15, -0.1) is 0 Å². The molecule has 0 spiro atoms. The van der Waals surface area contributed by atoms with Crippen molar-refractivity contribution in [2.45, 2.75) is 19.9 Å². The van der Waals surface area contributed by atoms with E-state index in [9.17, 15) is 13.6 Å². The number of carbonyl (C=O) groups excluding carboxylic acids is 1. The normalized spacial score (nSPS) is 14.3. The molecule has 0 saturated carbocycles. The van der Waals surface area contributed by atoms with Crippen LogP contribution in [0.2, 0.25) is 5.02 Å². The van der Waals surface area contributed by atoms with Gasteiger partial charge in [0, 0.05) is 74.9 Å². The summed E-state index contributed by atoms with van der Waals surface area (Å²) in [5, 5.41) is 3.13. The van der Waals surface area contributed by atoms with Crippen molar-refractivity contribution in [1.29, 1.82) is 0 Å². The number of benzene rings is 2. The Balaban J connectivity index is 1.31. The molecule has 4 rings (SSSR count). The highest BCUT2D eigenvalue weighted by Crippen LogP contribution is 2.25. The third kappa shape index (κ3) is 7.75. The Morgan fingerprint density at radius 3 is 2.56 bits per heavy atom. The molecule has 1 aromatic heterocycles. The molecular weight excluding hydrogens is 530 g/mol. The first-order valence-electron chi connectivity index (χ1n) is 12.6. The molecule has 1 fully saturated rings. The Bertz CT molecular complexity index is 1290. The van der Waals surface area contributed by atoms with E-state index in [4.69, 9.17) is 21.1 Å². The Labute approximate surface area is 231 Å². The van der Waals surface area contributed by atoms with Gasteiger partial charge in [0.05, 0.1) is 0 Å². The molecule has 1 aliphatic rings. The molecule has 0 unspecified atom stereocenters. The number of ether oxygens (including phenoxy) is 2. The van der Waals surface area contributed by atoms with Gasteiger partial charge in [0.2, 0.25) is 5.95 Å². The summed E-state index contributed by atoms with van der Waals surface area (Å²) in [5.74, 6) is -1.11. The standard InChI is InChI=1S/C27H31ClF2N6O3/c1-18(2)36-12-10-35(11-13-36)14-15-38-23-7-5-20(17-22(23)30)32-26-31-9-8-25(33-26)34(3)27(37)39-24-16-19(28)4-6-21(24)29/h4-9,16-18H,10-15H2,1-3H3,(H,31,32,33). The Kier molecular flexibility index (Phi) is 9.50. The third-order valence-electron chi connectivity index (χ3n) is 6.34. The number of aromatic nitrogens is 2. The summed E-state index contributed by atoms with van der Waals surface area (Å²) in [7, 11) is 1.41. The molecule has 1 aliphatic heterocycles. The number of nitrogens with one attached hydrogen (secondary N) is 1. The van der Waals surface area contributed by atoms with E-state index in [1.165, 1.54) is 37.5 Å². The molecule has 9 nitrogen and oxygen atoms in total. The van der Waals surface area contributed by atoms with Crippen LogP contribution in [0.3, 0.4) is 0 Å². The van der Waals surface area contributed by atoms with Crippen LogP contribution in [0.4, 0.5) is 31.0 Å². The number of carbonyl (C=O) groups is 1. The number of amides is 1. The van der Waals surface area contributed by atoms with Crippen LogP contribution in [0, 0.1) is 11.6 Å². The fraction of sp³-hybridized carbons (Fsp3) is 0.370. The minimum atomic E-state index is -0.879. The second-order valence-corrected chi connectivity index (χ2v) is 9.77. The van der Waals surface area contributed by atoms with Crippen molar-refractivity contribution in [2.24, 2.45) is 0 Å². The quantitative estimate of drug-likeness (QED) is 0.383. The van der Waals surface area contributed by atoms with Gasteiger partial charge in [0.1, 0.15) is 12.4 Å². The summed E-state index contributed by atoms with van der Waals surface area (Å²) in [4.78, 5) is 26.7. The maximum absolute atomic E-state index is 14.7. The zero-order chi connectivity index (χ0) is 27.9. The lowest BCUT2D eigenvalue weighted by Gasteiger charge is -2.36. The number of piperazine rings is 1. The van der Waals surface area contributed by atoms with Crippen LogP contribution in [-0.2, 0) is 0 Å². The van der Waals surface area contributed by atoms with Gasteiger partial charge in [0.15, 0.2) is 23.1 Å². The van der Waals surface area contributed by atoms with Crippen molar-refractivity contribution < 1.29 is 23.0 Å². The topological polar surface area (TPSA) is 83.1 Å². The molecule has 0 atom stereocenters. The molecule has 39 heavy (non-hydrogen) atoms. The number of anilines is 3. The Morgan fingerprint density at radius 1 is 1.08 bits per heavy atom. The van der Waals surface area contributed by atoms with Crippen LogP contribution in [0.1, 0.15) is 13.8 Å². The van der Waals surface area contributed by atoms with E-state index in [1.807, 2.05) is 0 Å². The van der Waals surface area contributed by atoms with Crippen molar-refractivity contribution >= 4 is 35.1 Å². The number of halogens is 3. The zero-order valence-electron chi connectivity index (χ0n) is 22.0. The number of hydrogen-bond acceptors (Lipinski definition) is 8. The maximum atomic E-state index is 14.7. The molecule has 0 bridgehead atoms. The predicted octanol–water partition coefficient (Wildman–Crippen LogP) is 5.19. The lowest BCUT2D eigenvalue weighted by molar-refractivity contribution is 0.0965. The van der Waals surface area contributed by atoms with Crippen LogP contribution >= 0.6 is 11.6 Å². The summed E-state index contributed by atoms with van der Waals surface area (Å²) in [5.41, 5.74) is 0.396. The second kappa shape index (κ2) is 13.0. The van der Waals surface area contributed by atoms with E-state index in [1.54, 1.807) is 12.1 Å². The average molecular weight is 561 g/mol. The Hall–Kier alpha value is -3.54. The predicted molar refractivity (Wildman–Crippen MR) is 146 cm³/mol. The van der Waals surface area contributed by atoms with Crippen LogP contribution in [0.5, 0.6) is 11.5 Å². The highest BCUT2D eigenvalue weighted by molar-refractivity contribution is 6.30. The summed E-state index contributed by atoms with van der Waals surface area (Å²) in [6, 6.07) is 10.1. The van der Waals surface area contributed by atoms with Crippen LogP contribution in [-0.4, -0.2) is 78.3 Å². The van der Waals surface area contributed by atoms with Gasteiger partial charge in [-0.1, -0.05) is 11.6 Å². The van der Waals surface area contributed by atoms with E-state index in [-0.39, 0.29) is 28.3 Å². The minimum absolute atomic E-state index is 0.120. The van der Waals surface area contributed by atoms with Crippen LogP contribution in [0.25, 0.3) is 0 Å². The summed E-state index contributed by atoms with van der Waals surface area (Å²) in [6.45, 7) is 9.49. The van der Waals surface area contributed by atoms with E-state index in [0.29, 0.717) is 18.3 Å². The molecule has 12 heteroatoms. The highest BCUT2D eigenvalue weighted by Gasteiger charge is 2.20. The molecule has 0 radical (unpaired) electrons. The average Bonchev–Trinajstić information content (AvgIpc) is 2.92. The molecule has 1 saturated heterocycles. The number of rotatable bonds is 9. The first kappa shape index (κ1) is 28.5. The van der Waals surface area contributed by atoms with E-state index >= 15 is 0 Å². The fourth-order valence-corrected chi connectivity index (χ4v) is 4.18. The van der Waals surface area contributed by atoms with Crippen molar-refractivity contribution in [2.75, 3.05) is 56.6 Å². The molecule has 2 heterocycles. The van der Waals surface area contributed by atoms with Gasteiger partial charge >= 0.3 is 6.09 Å². The number of hydrogen-bond donors (Lipinski definition) is 1. The van der Waals surface area contributed by atoms with Crippen molar-refractivity contribution in [1.82, 2.24) is 19.8 Å². The highest BCUT2D eigenvalue weighted by atomic mass is 35.5. The summed E-state index contributed by atoms with van der Waals surface area (Å²) >= 11 is 5.85. The monoisotopic (exact) mass is 560 g/mol. The molecular formula is C27H31ClF2N6O3. The largest absolute Gasteiger partial charge is 0.489 e. The first-order chi connectivity index (χ1) is 18.7. The molecule has 3 aromatic rings. The van der Waals surface area contributed by atoms with Gasteiger partial charge in [-0.2, -0.15) is 4.98 Å². The van der Waals surface area contributed by atoms with Crippen molar-refractivity contribution in [3.8, 4) is 11.5 Å². The molecule has 208 valence electrons. The lowest BCUT2D eigenvalue weighted by atomic mass is 10.2. The van der Waals surface area contributed by atoms with Gasteiger partial charge in [-0.25, -0.2) is 18.6 Å². The lowest BCUT2D eigenvalue weighted by Crippen LogP contribution is -2.49. The smallest absolute Gasteiger partial charge is 0.420 e.